The molecular formula is C21H28N2O4. The number of esters is 1. The van der Waals surface area contributed by atoms with E-state index in [1.165, 1.54) is 12.5 Å². The van der Waals surface area contributed by atoms with Crippen LogP contribution < -0.4 is 5.32 Å². The summed E-state index contributed by atoms with van der Waals surface area (Å²) in [7, 11) is 0. The molecule has 1 atom stereocenters. The van der Waals surface area contributed by atoms with Crippen molar-refractivity contribution in [1.82, 2.24) is 10.2 Å². The quantitative estimate of drug-likeness (QED) is 0.806. The number of ether oxygens (including phenoxy) is 1. The lowest BCUT2D eigenvalue weighted by atomic mass is 9.89. The molecule has 1 saturated carbocycles. The Labute approximate surface area is 160 Å². The van der Waals surface area contributed by atoms with E-state index in [4.69, 9.17) is 4.74 Å². The van der Waals surface area contributed by atoms with Gasteiger partial charge in [0, 0.05) is 13.5 Å². The average Bonchev–Trinajstić information content (AvgIpc) is 3.11. The van der Waals surface area contributed by atoms with Gasteiger partial charge in [0.05, 0.1) is 19.1 Å². The van der Waals surface area contributed by atoms with Crippen molar-refractivity contribution in [3.05, 3.63) is 35.4 Å². The highest BCUT2D eigenvalue weighted by Crippen LogP contribution is 2.34. The molecular weight excluding hydrogens is 344 g/mol. The standard InChI is InChI=1S/C21H28N2O4/c1-3-27-20(26)21(11-6-7-12-21)22-19(25)14-18-17-9-5-4-8-16(17)10-13-23(18)15(2)24/h4-5,8-9,18H,3,6-7,10-14H2,1-2H3,(H,22,25). The molecule has 146 valence electrons. The van der Waals surface area contributed by atoms with Crippen molar-refractivity contribution < 1.29 is 19.1 Å². The maximum absolute atomic E-state index is 12.9. The molecule has 0 aromatic heterocycles. The maximum Gasteiger partial charge on any atom is 0.331 e. The number of nitrogens with zero attached hydrogens (tertiary/aromatic N) is 1. The van der Waals surface area contributed by atoms with Crippen LogP contribution in [0.15, 0.2) is 24.3 Å². The summed E-state index contributed by atoms with van der Waals surface area (Å²) >= 11 is 0. The third-order valence-electron chi connectivity index (χ3n) is 5.70. The van der Waals surface area contributed by atoms with E-state index >= 15 is 0 Å². The number of amides is 2. The summed E-state index contributed by atoms with van der Waals surface area (Å²) in [5.41, 5.74) is 1.28. The van der Waals surface area contributed by atoms with Crippen molar-refractivity contribution in [1.29, 1.82) is 0 Å². The molecule has 0 spiro atoms. The van der Waals surface area contributed by atoms with Gasteiger partial charge in [-0.25, -0.2) is 4.79 Å². The van der Waals surface area contributed by atoms with Crippen LogP contribution in [0.1, 0.15) is 63.1 Å². The van der Waals surface area contributed by atoms with Crippen molar-refractivity contribution in [3.8, 4) is 0 Å². The van der Waals surface area contributed by atoms with Crippen LogP contribution in [0.25, 0.3) is 0 Å². The van der Waals surface area contributed by atoms with Gasteiger partial charge in [0.15, 0.2) is 0 Å². The molecule has 1 heterocycles. The van der Waals surface area contributed by atoms with E-state index in [0.717, 1.165) is 24.8 Å². The van der Waals surface area contributed by atoms with Crippen molar-refractivity contribution in [2.75, 3.05) is 13.2 Å². The molecule has 1 aromatic carbocycles. The van der Waals surface area contributed by atoms with Gasteiger partial charge in [-0.1, -0.05) is 37.1 Å². The SMILES string of the molecule is CCOC(=O)C1(NC(=O)CC2c3ccccc3CCN2C(C)=O)CCCC1. The fraction of sp³-hybridized carbons (Fsp3) is 0.571. The molecule has 3 rings (SSSR count). The molecule has 1 unspecified atom stereocenters. The first-order chi connectivity index (χ1) is 13.0. The molecule has 1 aliphatic carbocycles. The van der Waals surface area contributed by atoms with Crippen molar-refractivity contribution in [2.45, 2.75) is 64.0 Å². The summed E-state index contributed by atoms with van der Waals surface area (Å²) in [4.78, 5) is 39.2. The molecule has 6 heteroatoms. The van der Waals surface area contributed by atoms with Crippen LogP contribution in [-0.4, -0.2) is 41.4 Å². The molecule has 1 aliphatic heterocycles. The van der Waals surface area contributed by atoms with Gasteiger partial charge in [0.25, 0.3) is 0 Å². The van der Waals surface area contributed by atoms with E-state index in [0.29, 0.717) is 26.0 Å². The highest BCUT2D eigenvalue weighted by atomic mass is 16.5. The predicted octanol–water partition coefficient (Wildman–Crippen LogP) is 2.51. The van der Waals surface area contributed by atoms with Gasteiger partial charge in [0.2, 0.25) is 11.8 Å². The molecule has 1 fully saturated rings. The number of carbonyl (C=O) groups is 3. The highest BCUT2D eigenvalue weighted by molar-refractivity contribution is 5.89. The second-order valence-electron chi connectivity index (χ2n) is 7.44. The lowest BCUT2D eigenvalue weighted by Gasteiger charge is -2.37. The molecule has 27 heavy (non-hydrogen) atoms. The Morgan fingerprint density at radius 1 is 1.22 bits per heavy atom. The Hall–Kier alpha value is -2.37. The van der Waals surface area contributed by atoms with E-state index in [-0.39, 0.29) is 30.2 Å². The first-order valence-electron chi connectivity index (χ1n) is 9.80. The largest absolute Gasteiger partial charge is 0.464 e. The molecule has 0 radical (unpaired) electrons. The minimum Gasteiger partial charge on any atom is -0.464 e. The van der Waals surface area contributed by atoms with Crippen LogP contribution in [0.5, 0.6) is 0 Å². The number of hydrogen-bond donors (Lipinski definition) is 1. The van der Waals surface area contributed by atoms with E-state index < -0.39 is 5.54 Å². The Balaban J connectivity index is 1.79. The van der Waals surface area contributed by atoms with Gasteiger partial charge in [-0.2, -0.15) is 0 Å². The first-order valence-corrected chi connectivity index (χ1v) is 9.80. The fourth-order valence-corrected chi connectivity index (χ4v) is 4.37. The smallest absolute Gasteiger partial charge is 0.331 e. The molecule has 1 N–H and O–H groups in total. The second-order valence-corrected chi connectivity index (χ2v) is 7.44. The van der Waals surface area contributed by atoms with Gasteiger partial charge in [-0.3, -0.25) is 9.59 Å². The van der Waals surface area contributed by atoms with Gasteiger partial charge in [-0.05, 0) is 37.3 Å². The Kier molecular flexibility index (Phi) is 5.82. The lowest BCUT2D eigenvalue weighted by Crippen LogP contribution is -2.54. The van der Waals surface area contributed by atoms with Crippen LogP contribution in [0.2, 0.25) is 0 Å². The number of nitrogens with one attached hydrogen (secondary N) is 1. The molecule has 6 nitrogen and oxygen atoms in total. The van der Waals surface area contributed by atoms with Crippen molar-refractivity contribution >= 4 is 17.8 Å². The number of rotatable bonds is 5. The topological polar surface area (TPSA) is 75.7 Å². The van der Waals surface area contributed by atoms with Crippen LogP contribution in [0.4, 0.5) is 0 Å². The Morgan fingerprint density at radius 2 is 1.93 bits per heavy atom. The van der Waals surface area contributed by atoms with Gasteiger partial charge in [-0.15, -0.1) is 0 Å². The number of benzene rings is 1. The molecule has 1 aromatic rings. The van der Waals surface area contributed by atoms with Crippen molar-refractivity contribution in [2.24, 2.45) is 0 Å². The molecule has 0 saturated heterocycles. The zero-order valence-electron chi connectivity index (χ0n) is 16.1. The first kappa shape index (κ1) is 19.4. The third-order valence-corrected chi connectivity index (χ3v) is 5.70. The molecule has 2 amide bonds. The fourth-order valence-electron chi connectivity index (χ4n) is 4.37. The number of carbonyl (C=O) groups excluding carboxylic acids is 3. The number of hydrogen-bond acceptors (Lipinski definition) is 4. The van der Waals surface area contributed by atoms with Crippen LogP contribution in [0, 0.1) is 0 Å². The summed E-state index contributed by atoms with van der Waals surface area (Å²) in [5, 5.41) is 2.96. The summed E-state index contributed by atoms with van der Waals surface area (Å²) in [6.45, 7) is 4.21. The minimum absolute atomic E-state index is 0.0386. The van der Waals surface area contributed by atoms with Crippen LogP contribution >= 0.6 is 0 Å². The molecule has 2 aliphatic rings. The third kappa shape index (κ3) is 3.99. The summed E-state index contributed by atoms with van der Waals surface area (Å²) in [6.07, 6.45) is 3.94. The lowest BCUT2D eigenvalue weighted by molar-refractivity contribution is -0.153. The maximum atomic E-state index is 12.9. The average molecular weight is 372 g/mol. The normalized spacial score (nSPS) is 20.7. The van der Waals surface area contributed by atoms with Crippen LogP contribution in [0.3, 0.4) is 0 Å². The minimum atomic E-state index is -0.914. The van der Waals surface area contributed by atoms with Gasteiger partial charge >= 0.3 is 5.97 Å². The van der Waals surface area contributed by atoms with Crippen molar-refractivity contribution in [3.63, 3.8) is 0 Å². The monoisotopic (exact) mass is 372 g/mol. The Morgan fingerprint density at radius 3 is 2.59 bits per heavy atom. The predicted molar refractivity (Wildman–Crippen MR) is 101 cm³/mol. The van der Waals surface area contributed by atoms with E-state index in [1.807, 2.05) is 18.2 Å². The van der Waals surface area contributed by atoms with E-state index in [1.54, 1.807) is 11.8 Å². The zero-order chi connectivity index (χ0) is 19.4. The summed E-state index contributed by atoms with van der Waals surface area (Å²) in [6, 6.07) is 7.65. The molecule has 0 bridgehead atoms. The van der Waals surface area contributed by atoms with Gasteiger partial charge < -0.3 is 15.0 Å². The summed E-state index contributed by atoms with van der Waals surface area (Å²) < 4.78 is 5.22. The van der Waals surface area contributed by atoms with E-state index in [2.05, 4.69) is 11.4 Å². The second kappa shape index (κ2) is 8.11. The summed E-state index contributed by atoms with van der Waals surface area (Å²) in [5.74, 6) is -0.593. The Bertz CT molecular complexity index is 725. The zero-order valence-corrected chi connectivity index (χ0v) is 16.1. The van der Waals surface area contributed by atoms with Crippen LogP contribution in [-0.2, 0) is 25.5 Å². The number of fused-ring (bicyclic) bond motifs is 1. The van der Waals surface area contributed by atoms with E-state index in [9.17, 15) is 14.4 Å². The highest BCUT2D eigenvalue weighted by Gasteiger charge is 2.44. The van der Waals surface area contributed by atoms with Gasteiger partial charge in [0.1, 0.15) is 5.54 Å².